The summed E-state index contributed by atoms with van der Waals surface area (Å²) in [4.78, 5) is 0. The van der Waals surface area contributed by atoms with E-state index in [9.17, 15) is 23.2 Å². The van der Waals surface area contributed by atoms with Gasteiger partial charge in [-0.25, -0.2) is 8.42 Å². The maximum Gasteiger partial charge on any atom is 0.0975 e. The Morgan fingerprint density at radius 3 is 2.06 bits per heavy atom. The Morgan fingerprint density at radius 1 is 0.938 bits per heavy atom. The molecule has 0 aliphatic heterocycles. The number of hydrogen-bond donors (Lipinski definition) is 2. The highest BCUT2D eigenvalue weighted by Crippen LogP contribution is 2.42. The predicted molar refractivity (Wildman–Crippen MR) is 55.6 cm³/mol. The van der Waals surface area contributed by atoms with Crippen molar-refractivity contribution in [1.29, 1.82) is 0 Å². The summed E-state index contributed by atoms with van der Waals surface area (Å²) in [5, 5.41) is 18.2. The van der Waals surface area contributed by atoms with Crippen LogP contribution in [0.3, 0.4) is 0 Å². The van der Waals surface area contributed by atoms with Gasteiger partial charge in [-0.1, -0.05) is 0 Å². The van der Waals surface area contributed by atoms with Gasteiger partial charge in [0, 0.05) is 5.25 Å². The molecule has 0 aromatic rings. The second kappa shape index (κ2) is 4.25. The Balaban J connectivity index is 2.05. The highest BCUT2D eigenvalue weighted by molar-refractivity contribution is 7.86. The molecular weight excluding hydrogens is 232 g/mol. The molecule has 5 nitrogen and oxygen atoms in total. The molecule has 0 bridgehead atoms. The molecule has 16 heavy (non-hydrogen) atoms. The lowest BCUT2D eigenvalue weighted by molar-refractivity contribution is -0.0564. The summed E-state index contributed by atoms with van der Waals surface area (Å²) < 4.78 is 32.8. The Kier molecular flexibility index (Phi) is 3.27. The molecule has 2 aliphatic carbocycles. The van der Waals surface area contributed by atoms with E-state index in [0.717, 1.165) is 0 Å². The minimum atomic E-state index is -4.20. The molecule has 2 rings (SSSR count). The zero-order chi connectivity index (χ0) is 11.9. The van der Waals surface area contributed by atoms with Gasteiger partial charge in [0.05, 0.1) is 22.3 Å². The summed E-state index contributed by atoms with van der Waals surface area (Å²) >= 11 is 0. The summed E-state index contributed by atoms with van der Waals surface area (Å²) in [5.74, 6) is 0.331. The van der Waals surface area contributed by atoms with Crippen LogP contribution in [-0.2, 0) is 10.1 Å². The molecule has 6 heteroatoms. The van der Waals surface area contributed by atoms with Crippen molar-refractivity contribution < 1.29 is 23.2 Å². The van der Waals surface area contributed by atoms with E-state index < -0.39 is 27.6 Å². The van der Waals surface area contributed by atoms with Gasteiger partial charge < -0.3 is 14.8 Å². The molecule has 2 saturated carbocycles. The molecule has 0 radical (unpaired) electrons. The lowest BCUT2D eigenvalue weighted by atomic mass is 9.69. The lowest BCUT2D eigenvalue weighted by Gasteiger charge is -2.43. The fourth-order valence-electron chi connectivity index (χ4n) is 3.08. The Hall–Kier alpha value is -0.170. The molecule has 2 aliphatic rings. The van der Waals surface area contributed by atoms with Crippen molar-refractivity contribution in [3.63, 3.8) is 0 Å². The molecule has 0 spiro atoms. The molecular formula is C10H17O5S-. The largest absolute Gasteiger partial charge is 0.748 e. The summed E-state index contributed by atoms with van der Waals surface area (Å²) in [7, 11) is -4.20. The van der Waals surface area contributed by atoms with Gasteiger partial charge in [0.1, 0.15) is 0 Å². The number of rotatable bonds is 1. The molecule has 2 fully saturated rings. The van der Waals surface area contributed by atoms with E-state index in [0.29, 0.717) is 32.1 Å². The van der Waals surface area contributed by atoms with Crippen LogP contribution < -0.4 is 0 Å². The van der Waals surface area contributed by atoms with E-state index >= 15 is 0 Å². The van der Waals surface area contributed by atoms with Gasteiger partial charge in [0.25, 0.3) is 0 Å². The molecule has 0 saturated heterocycles. The quantitative estimate of drug-likeness (QED) is 0.629. The van der Waals surface area contributed by atoms with Crippen molar-refractivity contribution in [3.8, 4) is 0 Å². The Bertz CT molecular complexity index is 352. The van der Waals surface area contributed by atoms with E-state index in [-0.39, 0.29) is 11.8 Å². The fraction of sp³-hybridized carbons (Fsp3) is 1.00. The third-order valence-electron chi connectivity index (χ3n) is 4.03. The van der Waals surface area contributed by atoms with Crippen LogP contribution in [0.15, 0.2) is 0 Å². The highest BCUT2D eigenvalue weighted by atomic mass is 32.2. The summed E-state index contributed by atoms with van der Waals surface area (Å²) in [6, 6.07) is 0. The van der Waals surface area contributed by atoms with Crippen LogP contribution in [-0.4, -0.2) is 40.6 Å². The predicted octanol–water partition coefficient (Wildman–Crippen LogP) is -0.168. The topological polar surface area (TPSA) is 97.7 Å². The van der Waals surface area contributed by atoms with Gasteiger partial charge in [0.15, 0.2) is 0 Å². The van der Waals surface area contributed by atoms with Gasteiger partial charge in [-0.3, -0.25) is 0 Å². The normalized spacial score (nSPS) is 45.1. The summed E-state index contributed by atoms with van der Waals surface area (Å²) in [6.45, 7) is 0. The molecule has 0 aromatic heterocycles. The number of aliphatic hydroxyl groups excluding tert-OH is 2. The van der Waals surface area contributed by atoms with Gasteiger partial charge in [-0.2, -0.15) is 0 Å². The maximum absolute atomic E-state index is 10.9. The van der Waals surface area contributed by atoms with Crippen molar-refractivity contribution in [3.05, 3.63) is 0 Å². The molecule has 94 valence electrons. The first-order chi connectivity index (χ1) is 7.38. The third kappa shape index (κ3) is 2.40. The first-order valence-electron chi connectivity index (χ1n) is 5.68. The highest BCUT2D eigenvalue weighted by Gasteiger charge is 2.40. The second-order valence-electron chi connectivity index (χ2n) is 5.05. The molecule has 5 unspecified atom stereocenters. The van der Waals surface area contributed by atoms with E-state index in [4.69, 9.17) is 0 Å². The van der Waals surface area contributed by atoms with Gasteiger partial charge in [0.2, 0.25) is 0 Å². The average Bonchev–Trinajstić information content (AvgIpc) is 2.17. The van der Waals surface area contributed by atoms with Gasteiger partial charge >= 0.3 is 0 Å². The van der Waals surface area contributed by atoms with Crippen LogP contribution in [0.25, 0.3) is 0 Å². The molecule has 0 aromatic carbocycles. The van der Waals surface area contributed by atoms with E-state index in [1.807, 2.05) is 0 Å². The number of hydrogen-bond acceptors (Lipinski definition) is 5. The van der Waals surface area contributed by atoms with Crippen LogP contribution in [0.1, 0.15) is 32.1 Å². The first-order valence-corrected chi connectivity index (χ1v) is 7.16. The zero-order valence-electron chi connectivity index (χ0n) is 8.95. The van der Waals surface area contributed by atoms with Crippen LogP contribution in [0.4, 0.5) is 0 Å². The minimum Gasteiger partial charge on any atom is -0.748 e. The van der Waals surface area contributed by atoms with Gasteiger partial charge in [-0.05, 0) is 43.9 Å². The monoisotopic (exact) mass is 249 g/mol. The Labute approximate surface area is 95.2 Å². The molecule has 0 amide bonds. The smallest absolute Gasteiger partial charge is 0.0975 e. The van der Waals surface area contributed by atoms with Crippen molar-refractivity contribution in [2.24, 2.45) is 11.8 Å². The van der Waals surface area contributed by atoms with Gasteiger partial charge in [-0.15, -0.1) is 0 Å². The van der Waals surface area contributed by atoms with Crippen LogP contribution in [0, 0.1) is 11.8 Å². The van der Waals surface area contributed by atoms with Crippen molar-refractivity contribution >= 4 is 10.1 Å². The lowest BCUT2D eigenvalue weighted by Crippen LogP contribution is -2.43. The summed E-state index contributed by atoms with van der Waals surface area (Å²) in [6.07, 6.45) is 0.891. The maximum atomic E-state index is 10.9. The minimum absolute atomic E-state index is 0.0703. The third-order valence-corrected chi connectivity index (χ3v) is 5.28. The van der Waals surface area contributed by atoms with Crippen LogP contribution >= 0.6 is 0 Å². The van der Waals surface area contributed by atoms with E-state index in [1.165, 1.54) is 0 Å². The molecule has 2 N–H and O–H groups in total. The van der Waals surface area contributed by atoms with Crippen molar-refractivity contribution in [2.75, 3.05) is 0 Å². The van der Waals surface area contributed by atoms with Crippen LogP contribution in [0.2, 0.25) is 0 Å². The standard InChI is InChI=1S/C10H18O5S/c11-9-4-6-1-2-8(16(13,14)15)3-7(6)5-10(9)12/h6-12H,1-5H2,(H,13,14,15)/p-1. The average molecular weight is 249 g/mol. The SMILES string of the molecule is O=S(=O)([O-])C1CCC2CC(O)C(O)CC2C1. The molecule has 0 heterocycles. The Morgan fingerprint density at radius 2 is 1.50 bits per heavy atom. The van der Waals surface area contributed by atoms with Crippen molar-refractivity contribution in [1.82, 2.24) is 0 Å². The summed E-state index contributed by atoms with van der Waals surface area (Å²) in [5.41, 5.74) is 0. The second-order valence-corrected chi connectivity index (χ2v) is 6.71. The molecule has 5 atom stereocenters. The zero-order valence-corrected chi connectivity index (χ0v) is 9.77. The van der Waals surface area contributed by atoms with E-state index in [2.05, 4.69) is 0 Å². The van der Waals surface area contributed by atoms with Crippen molar-refractivity contribution in [2.45, 2.75) is 49.6 Å². The first kappa shape index (κ1) is 12.3. The number of aliphatic hydroxyl groups is 2. The fourth-order valence-corrected chi connectivity index (χ4v) is 3.99. The van der Waals surface area contributed by atoms with Crippen LogP contribution in [0.5, 0.6) is 0 Å². The van der Waals surface area contributed by atoms with E-state index in [1.54, 1.807) is 0 Å². The number of fused-ring (bicyclic) bond motifs is 1.